The fraction of sp³-hybridized carbons (Fsp3) is 0.115. The summed E-state index contributed by atoms with van der Waals surface area (Å²) in [7, 11) is 0. The van der Waals surface area contributed by atoms with Gasteiger partial charge in [-0.1, -0.05) is 47.0 Å². The molecule has 0 radical (unpaired) electrons. The zero-order valence-electron chi connectivity index (χ0n) is 18.6. The van der Waals surface area contributed by atoms with Crippen LogP contribution < -0.4 is 0 Å². The summed E-state index contributed by atoms with van der Waals surface area (Å²) in [5.41, 5.74) is 0.0683. The summed E-state index contributed by atoms with van der Waals surface area (Å²) in [5, 5.41) is 0.721. The van der Waals surface area contributed by atoms with Gasteiger partial charge in [0, 0.05) is 33.7 Å². The summed E-state index contributed by atoms with van der Waals surface area (Å²) in [4.78, 5) is 21.7. The van der Waals surface area contributed by atoms with Crippen LogP contribution in [0.5, 0.6) is 0 Å². The predicted molar refractivity (Wildman–Crippen MR) is 130 cm³/mol. The highest BCUT2D eigenvalue weighted by atomic mass is 35.5. The highest BCUT2D eigenvalue weighted by Gasteiger charge is 2.42. The van der Waals surface area contributed by atoms with Crippen molar-refractivity contribution in [3.63, 3.8) is 0 Å². The van der Waals surface area contributed by atoms with Crippen molar-refractivity contribution in [2.75, 3.05) is 0 Å². The van der Waals surface area contributed by atoms with Crippen LogP contribution in [0, 0.1) is 6.92 Å². The number of hydrogen-bond donors (Lipinski definition) is 0. The maximum atomic E-state index is 14.6. The van der Waals surface area contributed by atoms with E-state index >= 15 is 0 Å². The van der Waals surface area contributed by atoms with Crippen LogP contribution in [-0.4, -0.2) is 20.3 Å². The van der Waals surface area contributed by atoms with E-state index in [1.807, 2.05) is 0 Å². The average Bonchev–Trinajstić information content (AvgIpc) is 3.44. The van der Waals surface area contributed by atoms with Crippen LogP contribution in [0.2, 0.25) is 10.0 Å². The lowest BCUT2D eigenvalue weighted by Crippen LogP contribution is -2.18. The van der Waals surface area contributed by atoms with E-state index in [4.69, 9.17) is 27.6 Å². The molecule has 0 bridgehead atoms. The maximum Gasteiger partial charge on any atom is 0.432 e. The molecule has 0 amide bonds. The number of ketones is 1. The Morgan fingerprint density at radius 2 is 1.86 bits per heavy atom. The van der Waals surface area contributed by atoms with Gasteiger partial charge in [-0.05, 0) is 48.9 Å². The van der Waals surface area contributed by atoms with Crippen LogP contribution in [0.4, 0.5) is 13.2 Å². The minimum absolute atomic E-state index is 0.0281. The van der Waals surface area contributed by atoms with Gasteiger partial charge >= 0.3 is 6.18 Å². The van der Waals surface area contributed by atoms with Crippen molar-refractivity contribution >= 4 is 39.9 Å². The predicted octanol–water partition coefficient (Wildman–Crippen LogP) is 7.60. The smallest absolute Gasteiger partial charge is 0.431 e. The Balaban J connectivity index is 1.71. The Labute approximate surface area is 213 Å². The molecule has 0 N–H and O–H groups in total. The number of oxazole rings is 1. The molecule has 0 aliphatic heterocycles. The molecule has 5 nitrogen and oxygen atoms in total. The fourth-order valence-electron chi connectivity index (χ4n) is 4.09. The summed E-state index contributed by atoms with van der Waals surface area (Å²) >= 11 is 12.2. The monoisotopic (exact) mass is 529 g/mol. The topological polar surface area (TPSA) is 60.9 Å². The minimum atomic E-state index is -4.86. The first kappa shape index (κ1) is 24.1. The molecule has 0 fully saturated rings. The molecule has 2 aromatic carbocycles. The lowest BCUT2D eigenvalue weighted by atomic mass is 10.0. The molecule has 3 aromatic heterocycles. The molecular weight excluding hydrogens is 514 g/mol. The van der Waals surface area contributed by atoms with E-state index in [2.05, 4.69) is 9.97 Å². The molecule has 0 saturated heterocycles. The maximum absolute atomic E-state index is 14.6. The van der Waals surface area contributed by atoms with Gasteiger partial charge in [-0.25, -0.2) is 4.98 Å². The zero-order valence-corrected chi connectivity index (χ0v) is 20.1. The molecule has 0 aliphatic carbocycles. The SMILES string of the molecule is Cc1ccc2c(c1)c(C(=O)c1cnc(-c3ccccn3)o1)c(C(F)(F)F)n2Cc1ccc(Cl)cc1Cl. The summed E-state index contributed by atoms with van der Waals surface area (Å²) in [6.07, 6.45) is -2.23. The highest BCUT2D eigenvalue weighted by molar-refractivity contribution is 6.35. The van der Waals surface area contributed by atoms with Crippen molar-refractivity contribution < 1.29 is 22.4 Å². The van der Waals surface area contributed by atoms with Crippen LogP contribution in [0.15, 0.2) is 71.4 Å². The molecule has 182 valence electrons. The molecule has 5 rings (SSSR count). The number of carbonyl (C=O) groups is 1. The van der Waals surface area contributed by atoms with E-state index in [0.717, 1.165) is 10.8 Å². The molecule has 0 atom stereocenters. The van der Waals surface area contributed by atoms with Gasteiger partial charge in [0.2, 0.25) is 11.7 Å². The van der Waals surface area contributed by atoms with Crippen LogP contribution >= 0.6 is 23.2 Å². The fourth-order valence-corrected chi connectivity index (χ4v) is 4.56. The Bertz CT molecular complexity index is 1610. The average molecular weight is 530 g/mol. The third-order valence-corrected chi connectivity index (χ3v) is 6.26. The third kappa shape index (κ3) is 4.38. The number of rotatable bonds is 5. The van der Waals surface area contributed by atoms with Gasteiger partial charge in [0.25, 0.3) is 0 Å². The molecule has 10 heteroatoms. The van der Waals surface area contributed by atoms with Crippen molar-refractivity contribution in [2.24, 2.45) is 0 Å². The van der Waals surface area contributed by atoms with E-state index < -0.39 is 23.2 Å². The van der Waals surface area contributed by atoms with Gasteiger partial charge in [0.15, 0.2) is 5.76 Å². The first-order valence-electron chi connectivity index (χ1n) is 10.7. The second kappa shape index (κ2) is 9.11. The van der Waals surface area contributed by atoms with Gasteiger partial charge in [0.1, 0.15) is 11.4 Å². The molecule has 36 heavy (non-hydrogen) atoms. The number of pyridine rings is 1. The van der Waals surface area contributed by atoms with Gasteiger partial charge < -0.3 is 8.98 Å². The number of halogens is 5. The summed E-state index contributed by atoms with van der Waals surface area (Å²) in [5.74, 6) is -1.24. The van der Waals surface area contributed by atoms with E-state index in [0.29, 0.717) is 21.8 Å². The third-order valence-electron chi connectivity index (χ3n) is 5.67. The van der Waals surface area contributed by atoms with Gasteiger partial charge in [-0.2, -0.15) is 13.2 Å². The number of hydrogen-bond acceptors (Lipinski definition) is 4. The molecule has 0 spiro atoms. The first-order chi connectivity index (χ1) is 17.1. The number of benzene rings is 2. The zero-order chi connectivity index (χ0) is 25.6. The Morgan fingerprint density at radius 1 is 1.06 bits per heavy atom. The highest BCUT2D eigenvalue weighted by Crippen LogP contribution is 2.41. The van der Waals surface area contributed by atoms with Gasteiger partial charge in [-0.15, -0.1) is 0 Å². The summed E-state index contributed by atoms with van der Waals surface area (Å²) in [6.45, 7) is 1.51. The number of alkyl halides is 3. The molecule has 0 unspecified atom stereocenters. The molecule has 0 aliphatic rings. The van der Waals surface area contributed by atoms with Crippen LogP contribution in [0.3, 0.4) is 0 Å². The summed E-state index contributed by atoms with van der Waals surface area (Å²) < 4.78 is 50.3. The lowest BCUT2D eigenvalue weighted by molar-refractivity contribution is -0.143. The van der Waals surface area contributed by atoms with Crippen LogP contribution in [-0.2, 0) is 12.7 Å². The number of nitrogens with zero attached hydrogens (tertiary/aromatic N) is 3. The largest absolute Gasteiger partial charge is 0.432 e. The van der Waals surface area contributed by atoms with Crippen molar-refractivity contribution in [2.45, 2.75) is 19.6 Å². The Hall–Kier alpha value is -3.62. The van der Waals surface area contributed by atoms with Crippen molar-refractivity contribution in [1.29, 1.82) is 0 Å². The molecular formula is C26H16Cl2F3N3O2. The van der Waals surface area contributed by atoms with E-state index in [-0.39, 0.29) is 34.1 Å². The second-order valence-corrected chi connectivity index (χ2v) is 8.98. The number of carbonyl (C=O) groups excluding carboxylic acids is 1. The van der Waals surface area contributed by atoms with E-state index in [9.17, 15) is 18.0 Å². The van der Waals surface area contributed by atoms with Crippen LogP contribution in [0.1, 0.15) is 32.9 Å². The van der Waals surface area contributed by atoms with Crippen LogP contribution in [0.25, 0.3) is 22.5 Å². The van der Waals surface area contributed by atoms with Crippen molar-refractivity contribution in [3.05, 3.63) is 105 Å². The Kier molecular flexibility index (Phi) is 6.10. The number of aromatic nitrogens is 3. The first-order valence-corrected chi connectivity index (χ1v) is 11.4. The Morgan fingerprint density at radius 3 is 2.56 bits per heavy atom. The second-order valence-electron chi connectivity index (χ2n) is 8.14. The van der Waals surface area contributed by atoms with Crippen molar-refractivity contribution in [3.8, 4) is 11.6 Å². The standard InChI is InChI=1S/C26H16Cl2F3N3O2/c1-14-5-8-20-17(10-14)22(23(35)21-12-33-25(36-21)19-4-2-3-9-32-19)24(26(29,30)31)34(20)13-15-6-7-16(27)11-18(15)28/h2-12H,13H2,1H3. The van der Waals surface area contributed by atoms with Gasteiger partial charge in [0.05, 0.1) is 11.8 Å². The molecule has 3 heterocycles. The normalized spacial score (nSPS) is 11.8. The minimum Gasteiger partial charge on any atom is -0.431 e. The van der Waals surface area contributed by atoms with E-state index in [1.165, 1.54) is 12.3 Å². The van der Waals surface area contributed by atoms with Gasteiger partial charge in [-0.3, -0.25) is 9.78 Å². The van der Waals surface area contributed by atoms with Crippen molar-refractivity contribution in [1.82, 2.24) is 14.5 Å². The number of fused-ring (bicyclic) bond motifs is 1. The quantitative estimate of drug-likeness (QED) is 0.220. The lowest BCUT2D eigenvalue weighted by Gasteiger charge is -2.15. The summed E-state index contributed by atoms with van der Waals surface area (Å²) in [6, 6.07) is 14.4. The number of aryl methyl sites for hydroxylation is 1. The molecule has 5 aromatic rings. The van der Waals surface area contributed by atoms with E-state index in [1.54, 1.807) is 55.5 Å². The molecule has 0 saturated carbocycles.